The average Bonchev–Trinajstić information content (AvgIpc) is 3.02. The third-order valence-corrected chi connectivity index (χ3v) is 6.92. The van der Waals surface area contributed by atoms with Gasteiger partial charge < -0.3 is 14.2 Å². The number of esters is 2. The van der Waals surface area contributed by atoms with Crippen molar-refractivity contribution >= 4 is 35.1 Å². The smallest absolute Gasteiger partial charge is 0.332 e. The van der Waals surface area contributed by atoms with E-state index in [0.29, 0.717) is 35.2 Å². The first kappa shape index (κ1) is 21.2. The largest absolute Gasteiger partial charge is 0.486 e. The molecule has 0 amide bonds. The maximum atomic E-state index is 12.5. The summed E-state index contributed by atoms with van der Waals surface area (Å²) in [6.45, 7) is 0.503. The zero-order chi connectivity index (χ0) is 22.3. The number of piperidine rings is 1. The van der Waals surface area contributed by atoms with Crippen molar-refractivity contribution in [2.45, 2.75) is 49.8 Å². The number of aromatic nitrogens is 1. The molecule has 3 aliphatic heterocycles. The molecule has 0 saturated carbocycles. The van der Waals surface area contributed by atoms with Crippen molar-refractivity contribution in [2.24, 2.45) is 0 Å². The highest BCUT2D eigenvalue weighted by Crippen LogP contribution is 2.49. The van der Waals surface area contributed by atoms with E-state index in [1.54, 1.807) is 30.6 Å². The number of hydrogen-bond acceptors (Lipinski definition) is 7. The fraction of sp³-hybridized carbons (Fsp3) is 0.348. The lowest BCUT2D eigenvalue weighted by molar-refractivity contribution is -0.246. The SMILES string of the molecule is O=C1/C=C/C(=O)OC23CCC(CC(Oc4ccc(Cl)c(Cl)c4)C2O1)N3Cc1cccnc1. The Balaban J connectivity index is 1.52. The molecule has 3 aliphatic rings. The van der Waals surface area contributed by atoms with Crippen LogP contribution in [-0.4, -0.2) is 45.8 Å². The first-order valence-corrected chi connectivity index (χ1v) is 11.1. The van der Waals surface area contributed by atoms with Gasteiger partial charge in [-0.25, -0.2) is 9.59 Å². The molecule has 166 valence electrons. The molecule has 0 radical (unpaired) electrons. The van der Waals surface area contributed by atoms with Crippen molar-refractivity contribution in [1.29, 1.82) is 0 Å². The molecule has 2 aromatic rings. The molecule has 9 heteroatoms. The van der Waals surface area contributed by atoms with Crippen LogP contribution < -0.4 is 4.74 Å². The molecule has 32 heavy (non-hydrogen) atoms. The number of hydrogen-bond donors (Lipinski definition) is 0. The third kappa shape index (κ3) is 3.85. The molecule has 1 spiro atoms. The number of rotatable bonds is 4. The fourth-order valence-electron chi connectivity index (χ4n) is 4.85. The normalized spacial score (nSPS) is 30.5. The molecular formula is C23H20Cl2N2O5. The van der Waals surface area contributed by atoms with Gasteiger partial charge in [-0.1, -0.05) is 29.3 Å². The maximum Gasteiger partial charge on any atom is 0.332 e. The highest BCUT2D eigenvalue weighted by molar-refractivity contribution is 6.42. The van der Waals surface area contributed by atoms with E-state index >= 15 is 0 Å². The summed E-state index contributed by atoms with van der Waals surface area (Å²) >= 11 is 12.2. The van der Waals surface area contributed by atoms with Gasteiger partial charge in [-0.2, -0.15) is 0 Å². The summed E-state index contributed by atoms with van der Waals surface area (Å²) in [6, 6.07) is 8.87. The van der Waals surface area contributed by atoms with Gasteiger partial charge in [-0.15, -0.1) is 0 Å². The van der Waals surface area contributed by atoms with Crippen LogP contribution in [0.3, 0.4) is 0 Å². The van der Waals surface area contributed by atoms with Crippen molar-refractivity contribution < 1.29 is 23.8 Å². The van der Waals surface area contributed by atoms with E-state index in [1.807, 2.05) is 12.1 Å². The van der Waals surface area contributed by atoms with E-state index < -0.39 is 29.9 Å². The van der Waals surface area contributed by atoms with Crippen LogP contribution in [0.5, 0.6) is 5.75 Å². The molecule has 4 unspecified atom stereocenters. The Hall–Kier alpha value is -2.61. The Morgan fingerprint density at radius 2 is 2.00 bits per heavy atom. The molecule has 2 bridgehead atoms. The number of carbonyl (C=O) groups is 2. The molecule has 4 atom stereocenters. The summed E-state index contributed by atoms with van der Waals surface area (Å²) in [6.07, 6.45) is 6.19. The Morgan fingerprint density at radius 1 is 1.16 bits per heavy atom. The van der Waals surface area contributed by atoms with Gasteiger partial charge in [0.1, 0.15) is 11.9 Å². The predicted octanol–water partition coefficient (Wildman–Crippen LogP) is 3.93. The maximum absolute atomic E-state index is 12.5. The molecule has 0 aliphatic carbocycles. The minimum atomic E-state index is -1.14. The van der Waals surface area contributed by atoms with E-state index in [4.69, 9.17) is 37.4 Å². The summed E-state index contributed by atoms with van der Waals surface area (Å²) in [5.74, 6) is -0.696. The van der Waals surface area contributed by atoms with Crippen LogP contribution in [0, 0.1) is 0 Å². The lowest BCUT2D eigenvalue weighted by atomic mass is 9.91. The second kappa shape index (κ2) is 8.39. The van der Waals surface area contributed by atoms with Crippen LogP contribution in [0.25, 0.3) is 0 Å². The molecule has 2 fully saturated rings. The first-order chi connectivity index (χ1) is 15.4. The standard InChI is InChI=1S/C23H20Cl2N2O5/c24-17-4-3-16(11-18(17)25)30-19-10-15-7-8-23(27(15)13-14-2-1-9-26-12-14)22(19)31-20(28)5-6-21(29)32-23/h1-6,9,11-12,15,19,22H,7-8,10,13H2/b6-5+. The summed E-state index contributed by atoms with van der Waals surface area (Å²) in [4.78, 5) is 31.3. The van der Waals surface area contributed by atoms with Gasteiger partial charge in [-0.3, -0.25) is 9.88 Å². The van der Waals surface area contributed by atoms with E-state index in [-0.39, 0.29) is 6.04 Å². The van der Waals surface area contributed by atoms with Crippen LogP contribution >= 0.6 is 23.2 Å². The summed E-state index contributed by atoms with van der Waals surface area (Å²) in [5, 5.41) is 0.776. The molecule has 2 saturated heterocycles. The number of pyridine rings is 1. The predicted molar refractivity (Wildman–Crippen MR) is 116 cm³/mol. The first-order valence-electron chi connectivity index (χ1n) is 10.3. The van der Waals surface area contributed by atoms with Gasteiger partial charge in [0, 0.05) is 56.0 Å². The van der Waals surface area contributed by atoms with Crippen molar-refractivity contribution in [3.63, 3.8) is 0 Å². The Bertz CT molecular complexity index is 1080. The second-order valence-corrected chi connectivity index (χ2v) is 8.92. The quantitative estimate of drug-likeness (QED) is 0.621. The molecule has 1 aromatic heterocycles. The van der Waals surface area contributed by atoms with E-state index in [2.05, 4.69) is 9.88 Å². The number of carbonyl (C=O) groups excluding carboxylic acids is 2. The highest BCUT2D eigenvalue weighted by Gasteiger charge is 2.63. The average molecular weight is 475 g/mol. The minimum absolute atomic E-state index is 0.0640. The zero-order valence-electron chi connectivity index (χ0n) is 16.9. The van der Waals surface area contributed by atoms with Crippen LogP contribution in [0.15, 0.2) is 54.9 Å². The van der Waals surface area contributed by atoms with Crippen LogP contribution in [-0.2, 0) is 25.6 Å². The molecular weight excluding hydrogens is 455 g/mol. The van der Waals surface area contributed by atoms with Gasteiger partial charge in [0.2, 0.25) is 5.72 Å². The van der Waals surface area contributed by atoms with Gasteiger partial charge in [0.25, 0.3) is 0 Å². The van der Waals surface area contributed by atoms with Crippen molar-refractivity contribution in [3.05, 3.63) is 70.5 Å². The highest BCUT2D eigenvalue weighted by atomic mass is 35.5. The summed E-state index contributed by atoms with van der Waals surface area (Å²) in [7, 11) is 0. The third-order valence-electron chi connectivity index (χ3n) is 6.18. The van der Waals surface area contributed by atoms with E-state index in [1.165, 1.54) is 0 Å². The van der Waals surface area contributed by atoms with E-state index in [0.717, 1.165) is 24.1 Å². The monoisotopic (exact) mass is 474 g/mol. The molecule has 0 N–H and O–H groups in total. The van der Waals surface area contributed by atoms with Crippen LogP contribution in [0.1, 0.15) is 24.8 Å². The van der Waals surface area contributed by atoms with Gasteiger partial charge in [0.05, 0.1) is 10.0 Å². The topological polar surface area (TPSA) is 78.0 Å². The lowest BCUT2D eigenvalue weighted by Gasteiger charge is -2.50. The van der Waals surface area contributed by atoms with Crippen molar-refractivity contribution in [1.82, 2.24) is 9.88 Å². The number of benzene rings is 1. The fourth-order valence-corrected chi connectivity index (χ4v) is 5.13. The Morgan fingerprint density at radius 3 is 2.78 bits per heavy atom. The number of nitrogens with zero attached hydrogens (tertiary/aromatic N) is 2. The van der Waals surface area contributed by atoms with Crippen molar-refractivity contribution in [2.75, 3.05) is 0 Å². The summed E-state index contributed by atoms with van der Waals surface area (Å²) in [5.41, 5.74) is -0.168. The molecule has 5 rings (SSSR count). The second-order valence-electron chi connectivity index (χ2n) is 8.11. The number of ether oxygens (including phenoxy) is 3. The van der Waals surface area contributed by atoms with Crippen LogP contribution in [0.2, 0.25) is 10.0 Å². The molecule has 4 heterocycles. The van der Waals surface area contributed by atoms with Crippen LogP contribution in [0.4, 0.5) is 0 Å². The minimum Gasteiger partial charge on any atom is -0.486 e. The summed E-state index contributed by atoms with van der Waals surface area (Å²) < 4.78 is 18.1. The molecule has 1 aromatic carbocycles. The van der Waals surface area contributed by atoms with E-state index in [9.17, 15) is 9.59 Å². The lowest BCUT2D eigenvalue weighted by Crippen LogP contribution is -2.67. The van der Waals surface area contributed by atoms with Crippen molar-refractivity contribution in [3.8, 4) is 5.75 Å². The molecule has 7 nitrogen and oxygen atoms in total. The zero-order valence-corrected chi connectivity index (χ0v) is 18.5. The van der Waals surface area contributed by atoms with Gasteiger partial charge in [0.15, 0.2) is 6.10 Å². The Labute approximate surface area is 194 Å². The van der Waals surface area contributed by atoms with Gasteiger partial charge >= 0.3 is 11.9 Å². The van der Waals surface area contributed by atoms with Gasteiger partial charge in [-0.05, 0) is 30.2 Å². The number of fused-ring (bicyclic) bond motifs is 1. The Kier molecular flexibility index (Phi) is 5.57. The number of halogens is 2.